The molecule has 0 aliphatic rings. The summed E-state index contributed by atoms with van der Waals surface area (Å²) in [6.45, 7) is 3.39. The van der Waals surface area contributed by atoms with Crippen LogP contribution >= 0.6 is 0 Å². The monoisotopic (exact) mass is 142 g/mol. The van der Waals surface area contributed by atoms with Crippen LogP contribution < -0.4 is 0 Å². The lowest BCUT2D eigenvalue weighted by Gasteiger charge is -2.13. The molecule has 0 spiro atoms. The van der Waals surface area contributed by atoms with E-state index in [-0.39, 0.29) is 0 Å². The molecule has 0 amide bonds. The van der Waals surface area contributed by atoms with E-state index >= 15 is 0 Å². The Balaban J connectivity index is 4.15. The molecule has 10 heavy (non-hydrogen) atoms. The molecule has 0 aliphatic heterocycles. The van der Waals surface area contributed by atoms with Gasteiger partial charge < -0.3 is 9.84 Å². The summed E-state index contributed by atoms with van der Waals surface area (Å²) < 4.78 is 4.85. The van der Waals surface area contributed by atoms with Gasteiger partial charge >= 0.3 is 5.97 Å². The van der Waals surface area contributed by atoms with Crippen LogP contribution in [0.25, 0.3) is 0 Å². The van der Waals surface area contributed by atoms with Gasteiger partial charge in [0.25, 0.3) is 0 Å². The molecule has 0 heterocycles. The minimum atomic E-state index is -1.13. The van der Waals surface area contributed by atoms with Crippen LogP contribution in [-0.4, -0.2) is 23.8 Å². The highest BCUT2D eigenvalue weighted by Gasteiger charge is 2.10. The first-order valence-corrected chi connectivity index (χ1v) is 2.79. The Labute approximate surface area is 60.0 Å². The molecule has 3 nitrogen and oxygen atoms in total. The van der Waals surface area contributed by atoms with E-state index in [4.69, 9.17) is 9.84 Å². The number of hydrogen-bond acceptors (Lipinski definition) is 2. The summed E-state index contributed by atoms with van der Waals surface area (Å²) in [5, 5.41) is 8.14. The van der Waals surface area contributed by atoms with E-state index in [2.05, 4.69) is 5.92 Å². The van der Waals surface area contributed by atoms with Crippen LogP contribution in [0.1, 0.15) is 13.8 Å². The minimum absolute atomic E-state index is 0.668. The first-order chi connectivity index (χ1) is 4.48. The van der Waals surface area contributed by atoms with E-state index in [1.807, 2.05) is 5.92 Å². The summed E-state index contributed by atoms with van der Waals surface area (Å²) in [6, 6.07) is 0. The van der Waals surface area contributed by atoms with Crippen molar-refractivity contribution in [2.24, 2.45) is 0 Å². The second-order valence-electron chi connectivity index (χ2n) is 2.27. The molecule has 0 bridgehead atoms. The average molecular weight is 142 g/mol. The Morgan fingerprint density at radius 1 is 1.60 bits per heavy atom. The third-order valence-electron chi connectivity index (χ3n) is 0.981. The van der Waals surface area contributed by atoms with E-state index in [1.165, 1.54) is 7.11 Å². The van der Waals surface area contributed by atoms with Gasteiger partial charge in [0.15, 0.2) is 0 Å². The molecule has 0 saturated carbocycles. The van der Waals surface area contributed by atoms with Gasteiger partial charge in [0.05, 0.1) is 0 Å². The summed E-state index contributed by atoms with van der Waals surface area (Å²) in [7, 11) is 1.48. The fourth-order valence-corrected chi connectivity index (χ4v) is 0.255. The smallest absolute Gasteiger partial charge is 0.382 e. The van der Waals surface area contributed by atoms with Crippen molar-refractivity contribution >= 4 is 5.97 Å². The molecule has 0 atom stereocenters. The zero-order valence-electron chi connectivity index (χ0n) is 6.26. The third kappa shape index (κ3) is 3.93. The quantitative estimate of drug-likeness (QED) is 0.542. The molecule has 0 unspecified atom stereocenters. The Hall–Kier alpha value is -1.01. The normalized spacial score (nSPS) is 9.90. The van der Waals surface area contributed by atoms with Crippen LogP contribution in [0.3, 0.4) is 0 Å². The van der Waals surface area contributed by atoms with E-state index in [1.54, 1.807) is 13.8 Å². The zero-order valence-corrected chi connectivity index (χ0v) is 6.26. The molecule has 0 aromatic heterocycles. The maximum absolute atomic E-state index is 9.93. The van der Waals surface area contributed by atoms with Crippen molar-refractivity contribution in [1.82, 2.24) is 0 Å². The topological polar surface area (TPSA) is 46.5 Å². The Kier molecular flexibility index (Phi) is 2.91. The Morgan fingerprint density at radius 3 is 2.40 bits per heavy atom. The first-order valence-electron chi connectivity index (χ1n) is 2.79. The molecule has 0 radical (unpaired) electrons. The number of hydrogen-bond donors (Lipinski definition) is 1. The maximum Gasteiger partial charge on any atom is 0.382 e. The Morgan fingerprint density at radius 2 is 2.10 bits per heavy atom. The average Bonchev–Trinajstić information content (AvgIpc) is 1.85. The number of carboxylic acid groups (broad SMARTS) is 1. The van der Waals surface area contributed by atoms with Gasteiger partial charge in [-0.1, -0.05) is 5.92 Å². The van der Waals surface area contributed by atoms with Crippen LogP contribution in [0.15, 0.2) is 0 Å². The van der Waals surface area contributed by atoms with E-state index in [9.17, 15) is 4.79 Å². The highest BCUT2D eigenvalue weighted by molar-refractivity contribution is 5.86. The van der Waals surface area contributed by atoms with Crippen LogP contribution in [-0.2, 0) is 9.53 Å². The maximum atomic E-state index is 9.93. The molecule has 56 valence electrons. The largest absolute Gasteiger partial charge is 0.472 e. The molecule has 0 saturated heterocycles. The summed E-state index contributed by atoms with van der Waals surface area (Å²) in [5.74, 6) is 3.28. The van der Waals surface area contributed by atoms with Gasteiger partial charge in [-0.2, -0.15) is 0 Å². The minimum Gasteiger partial charge on any atom is -0.472 e. The first kappa shape index (κ1) is 8.99. The lowest BCUT2D eigenvalue weighted by atomic mass is 10.1. The molecule has 0 aromatic carbocycles. The molecule has 0 aromatic rings. The number of methoxy groups -OCH3 is 1. The van der Waals surface area contributed by atoms with Crippen molar-refractivity contribution < 1.29 is 14.6 Å². The molecular weight excluding hydrogens is 132 g/mol. The van der Waals surface area contributed by atoms with Gasteiger partial charge in [-0.15, -0.1) is 0 Å². The van der Waals surface area contributed by atoms with Crippen molar-refractivity contribution in [3.63, 3.8) is 0 Å². The summed E-state index contributed by atoms with van der Waals surface area (Å²) >= 11 is 0. The standard InChI is InChI=1S/C7H10O3/c1-7(2,10-3)5-4-6(8)9/h1-3H3,(H,8,9). The number of ether oxygens (including phenoxy) is 1. The number of carboxylic acids is 1. The highest BCUT2D eigenvalue weighted by Crippen LogP contribution is 2.03. The van der Waals surface area contributed by atoms with E-state index < -0.39 is 11.6 Å². The molecule has 0 rings (SSSR count). The summed E-state index contributed by atoms with van der Waals surface area (Å²) in [6.07, 6.45) is 0. The SMILES string of the molecule is COC(C)(C)C#CC(=O)O. The van der Waals surface area contributed by atoms with E-state index in [0.29, 0.717) is 0 Å². The lowest BCUT2D eigenvalue weighted by molar-refractivity contribution is -0.130. The molecule has 0 aliphatic carbocycles. The van der Waals surface area contributed by atoms with Crippen molar-refractivity contribution in [1.29, 1.82) is 0 Å². The van der Waals surface area contributed by atoms with Gasteiger partial charge in [0.2, 0.25) is 0 Å². The fourth-order valence-electron chi connectivity index (χ4n) is 0.255. The number of rotatable bonds is 1. The zero-order chi connectivity index (χ0) is 8.20. The second-order valence-corrected chi connectivity index (χ2v) is 2.27. The van der Waals surface area contributed by atoms with Gasteiger partial charge in [-0.05, 0) is 13.8 Å². The van der Waals surface area contributed by atoms with Crippen LogP contribution in [0.4, 0.5) is 0 Å². The molecular formula is C7H10O3. The predicted molar refractivity (Wildman–Crippen MR) is 36.5 cm³/mol. The van der Waals surface area contributed by atoms with Gasteiger partial charge in [0.1, 0.15) is 5.60 Å². The van der Waals surface area contributed by atoms with Gasteiger partial charge in [-0.3, -0.25) is 0 Å². The Bertz CT molecular complexity index is 183. The summed E-state index contributed by atoms with van der Waals surface area (Å²) in [5.41, 5.74) is -0.668. The van der Waals surface area contributed by atoms with Crippen molar-refractivity contribution in [2.45, 2.75) is 19.4 Å². The molecule has 1 N–H and O–H groups in total. The molecule has 3 heteroatoms. The van der Waals surface area contributed by atoms with Gasteiger partial charge in [0, 0.05) is 13.0 Å². The summed E-state index contributed by atoms with van der Waals surface area (Å²) in [4.78, 5) is 9.93. The van der Waals surface area contributed by atoms with E-state index in [0.717, 1.165) is 0 Å². The molecule has 0 fully saturated rings. The van der Waals surface area contributed by atoms with Crippen LogP contribution in [0.5, 0.6) is 0 Å². The lowest BCUT2D eigenvalue weighted by Crippen LogP contribution is -2.19. The van der Waals surface area contributed by atoms with Gasteiger partial charge in [-0.25, -0.2) is 4.79 Å². The third-order valence-corrected chi connectivity index (χ3v) is 0.981. The predicted octanol–water partition coefficient (Wildman–Crippen LogP) is 0.499. The second kappa shape index (κ2) is 3.23. The van der Waals surface area contributed by atoms with Crippen molar-refractivity contribution in [2.75, 3.05) is 7.11 Å². The van der Waals surface area contributed by atoms with Crippen molar-refractivity contribution in [3.8, 4) is 11.8 Å². The number of carbonyl (C=O) groups is 1. The number of aliphatic carboxylic acids is 1. The fraction of sp³-hybridized carbons (Fsp3) is 0.571. The highest BCUT2D eigenvalue weighted by atomic mass is 16.5. The van der Waals surface area contributed by atoms with Crippen LogP contribution in [0, 0.1) is 11.8 Å². The van der Waals surface area contributed by atoms with Crippen LogP contribution in [0.2, 0.25) is 0 Å². The van der Waals surface area contributed by atoms with Crippen molar-refractivity contribution in [3.05, 3.63) is 0 Å².